The number of nitrogens with one attached hydrogen (secondary N) is 1. The van der Waals surface area contributed by atoms with Crippen molar-refractivity contribution in [3.05, 3.63) is 27.9 Å². The molecule has 16 heavy (non-hydrogen) atoms. The number of aromatic amines is 1. The highest BCUT2D eigenvalue weighted by Gasteiger charge is 2.23. The average Bonchev–Trinajstić information content (AvgIpc) is 2.68. The number of H-pyrrole nitrogens is 1. The van der Waals surface area contributed by atoms with E-state index in [0.717, 1.165) is 25.1 Å². The zero-order valence-electron chi connectivity index (χ0n) is 10.0. The van der Waals surface area contributed by atoms with Crippen molar-refractivity contribution in [1.82, 2.24) is 9.97 Å². The number of nitrogens with zero attached hydrogens (tertiary/aromatic N) is 1. The summed E-state index contributed by atoms with van der Waals surface area (Å²) in [6, 6.07) is 1.57. The Morgan fingerprint density at radius 2 is 2.25 bits per heavy atom. The van der Waals surface area contributed by atoms with Crippen LogP contribution in [0.4, 0.5) is 0 Å². The fourth-order valence-electron chi connectivity index (χ4n) is 1.81. The Morgan fingerprint density at radius 3 is 2.81 bits per heavy atom. The minimum Gasteiger partial charge on any atom is -0.370 e. The molecule has 2 heterocycles. The average molecular weight is 222 g/mol. The van der Waals surface area contributed by atoms with Gasteiger partial charge in [0, 0.05) is 18.1 Å². The van der Waals surface area contributed by atoms with E-state index >= 15 is 0 Å². The maximum Gasteiger partial charge on any atom is 0.251 e. The fraction of sp³-hybridized carbons (Fsp3) is 0.667. The molecule has 1 unspecified atom stereocenters. The van der Waals surface area contributed by atoms with Crippen LogP contribution < -0.4 is 5.56 Å². The van der Waals surface area contributed by atoms with Crippen LogP contribution in [0.3, 0.4) is 0 Å². The predicted octanol–water partition coefficient (Wildman–Crippen LogP) is 1.92. The lowest BCUT2D eigenvalue weighted by molar-refractivity contribution is 0.104. The van der Waals surface area contributed by atoms with Gasteiger partial charge in [0.25, 0.3) is 5.56 Å². The Labute approximate surface area is 95.1 Å². The second-order valence-corrected chi connectivity index (χ2v) is 5.27. The van der Waals surface area contributed by atoms with Crippen molar-refractivity contribution in [3.63, 3.8) is 0 Å². The Bertz CT molecular complexity index is 425. The Kier molecular flexibility index (Phi) is 2.84. The summed E-state index contributed by atoms with van der Waals surface area (Å²) >= 11 is 0. The Hall–Kier alpha value is -1.16. The van der Waals surface area contributed by atoms with Crippen LogP contribution in [0.25, 0.3) is 0 Å². The molecule has 4 nitrogen and oxygen atoms in total. The van der Waals surface area contributed by atoms with Crippen molar-refractivity contribution >= 4 is 0 Å². The highest BCUT2D eigenvalue weighted by atomic mass is 16.5. The molecule has 2 rings (SSSR count). The van der Waals surface area contributed by atoms with Gasteiger partial charge < -0.3 is 9.72 Å². The minimum atomic E-state index is -0.110. The van der Waals surface area contributed by atoms with Crippen LogP contribution in [0.5, 0.6) is 0 Å². The van der Waals surface area contributed by atoms with E-state index in [4.69, 9.17) is 4.74 Å². The zero-order chi connectivity index (χ0) is 11.8. The second kappa shape index (κ2) is 4.01. The molecule has 0 saturated carbocycles. The largest absolute Gasteiger partial charge is 0.370 e. The van der Waals surface area contributed by atoms with Crippen molar-refractivity contribution in [2.24, 2.45) is 0 Å². The molecular formula is C12H18N2O2. The lowest BCUT2D eigenvalue weighted by Gasteiger charge is -2.19. The molecule has 1 aromatic heterocycles. The monoisotopic (exact) mass is 222 g/mol. The first-order chi connectivity index (χ1) is 7.47. The zero-order valence-corrected chi connectivity index (χ0v) is 10.0. The topological polar surface area (TPSA) is 55.0 Å². The van der Waals surface area contributed by atoms with Crippen LogP contribution in [-0.4, -0.2) is 16.6 Å². The van der Waals surface area contributed by atoms with Crippen molar-refractivity contribution < 1.29 is 4.74 Å². The number of ether oxygens (including phenoxy) is 1. The second-order valence-electron chi connectivity index (χ2n) is 5.27. The Morgan fingerprint density at radius 1 is 1.50 bits per heavy atom. The number of hydrogen-bond donors (Lipinski definition) is 1. The molecule has 1 fully saturated rings. The molecule has 1 saturated heterocycles. The summed E-state index contributed by atoms with van der Waals surface area (Å²) in [5, 5.41) is 0. The summed E-state index contributed by atoms with van der Waals surface area (Å²) in [6.07, 6.45) is 1.94. The lowest BCUT2D eigenvalue weighted by Crippen LogP contribution is -2.22. The van der Waals surface area contributed by atoms with Gasteiger partial charge in [-0.05, 0) is 12.8 Å². The molecule has 0 amide bonds. The maximum atomic E-state index is 11.6. The third-order valence-electron chi connectivity index (χ3n) is 2.76. The molecule has 1 atom stereocenters. The third-order valence-corrected chi connectivity index (χ3v) is 2.76. The van der Waals surface area contributed by atoms with Crippen LogP contribution in [0.15, 0.2) is 10.9 Å². The molecule has 1 N–H and O–H groups in total. The normalized spacial score (nSPS) is 21.3. The molecule has 0 aromatic carbocycles. The maximum absolute atomic E-state index is 11.6. The summed E-state index contributed by atoms with van der Waals surface area (Å²) in [5.74, 6) is 0.676. The van der Waals surface area contributed by atoms with Gasteiger partial charge in [-0.2, -0.15) is 0 Å². The van der Waals surface area contributed by atoms with E-state index in [1.54, 1.807) is 6.07 Å². The van der Waals surface area contributed by atoms with Crippen LogP contribution in [0, 0.1) is 0 Å². The van der Waals surface area contributed by atoms with E-state index in [0.29, 0.717) is 5.82 Å². The molecule has 0 spiro atoms. The molecule has 0 bridgehead atoms. The molecular weight excluding hydrogens is 204 g/mol. The van der Waals surface area contributed by atoms with E-state index in [1.807, 2.05) is 20.8 Å². The first-order valence-corrected chi connectivity index (χ1v) is 5.70. The van der Waals surface area contributed by atoms with Crippen LogP contribution in [0.2, 0.25) is 0 Å². The fourth-order valence-corrected chi connectivity index (χ4v) is 1.81. The van der Waals surface area contributed by atoms with E-state index in [9.17, 15) is 4.79 Å². The van der Waals surface area contributed by atoms with E-state index in [1.165, 1.54) is 0 Å². The summed E-state index contributed by atoms with van der Waals surface area (Å²) in [7, 11) is 0. The van der Waals surface area contributed by atoms with Gasteiger partial charge in [0.2, 0.25) is 0 Å². The highest BCUT2D eigenvalue weighted by molar-refractivity contribution is 5.13. The van der Waals surface area contributed by atoms with Crippen molar-refractivity contribution in [2.45, 2.75) is 45.1 Å². The molecule has 0 radical (unpaired) electrons. The van der Waals surface area contributed by atoms with E-state index in [2.05, 4.69) is 9.97 Å². The number of hydrogen-bond acceptors (Lipinski definition) is 3. The summed E-state index contributed by atoms with van der Waals surface area (Å²) in [5.41, 5.74) is 0.619. The van der Waals surface area contributed by atoms with Gasteiger partial charge in [0.1, 0.15) is 11.9 Å². The van der Waals surface area contributed by atoms with Gasteiger partial charge >= 0.3 is 0 Å². The van der Waals surface area contributed by atoms with Gasteiger partial charge in [0.15, 0.2) is 0 Å². The highest BCUT2D eigenvalue weighted by Crippen LogP contribution is 2.26. The molecule has 1 aliphatic heterocycles. The summed E-state index contributed by atoms with van der Waals surface area (Å²) in [4.78, 5) is 18.8. The van der Waals surface area contributed by atoms with Crippen LogP contribution >= 0.6 is 0 Å². The summed E-state index contributed by atoms with van der Waals surface area (Å²) < 4.78 is 5.53. The Balaban J connectivity index is 2.39. The molecule has 1 aromatic rings. The SMILES string of the molecule is CC(C)(C)c1cc(=O)[nH]c(C2CCCO2)n1. The molecule has 4 heteroatoms. The van der Waals surface area contributed by atoms with Crippen LogP contribution in [-0.2, 0) is 10.2 Å². The standard InChI is InChI=1S/C12H18N2O2/c1-12(2,3)9-7-10(15)14-11(13-9)8-5-4-6-16-8/h7-8H,4-6H2,1-3H3,(H,13,14,15). The third kappa shape index (κ3) is 2.32. The minimum absolute atomic E-state index is 0.0324. The predicted molar refractivity (Wildman–Crippen MR) is 61.5 cm³/mol. The molecule has 0 aliphatic carbocycles. The van der Waals surface area contributed by atoms with Gasteiger partial charge in [-0.3, -0.25) is 4.79 Å². The van der Waals surface area contributed by atoms with Crippen molar-refractivity contribution in [3.8, 4) is 0 Å². The van der Waals surface area contributed by atoms with E-state index < -0.39 is 0 Å². The first-order valence-electron chi connectivity index (χ1n) is 5.70. The van der Waals surface area contributed by atoms with Crippen molar-refractivity contribution in [1.29, 1.82) is 0 Å². The smallest absolute Gasteiger partial charge is 0.251 e. The summed E-state index contributed by atoms with van der Waals surface area (Å²) in [6.45, 7) is 6.91. The van der Waals surface area contributed by atoms with Gasteiger partial charge in [-0.1, -0.05) is 20.8 Å². The lowest BCUT2D eigenvalue weighted by atomic mass is 9.92. The van der Waals surface area contributed by atoms with Gasteiger partial charge in [-0.15, -0.1) is 0 Å². The number of aromatic nitrogens is 2. The van der Waals surface area contributed by atoms with Crippen molar-refractivity contribution in [2.75, 3.05) is 6.61 Å². The van der Waals surface area contributed by atoms with Gasteiger partial charge in [-0.25, -0.2) is 4.98 Å². The number of rotatable bonds is 1. The van der Waals surface area contributed by atoms with Crippen LogP contribution in [0.1, 0.15) is 51.2 Å². The quantitative estimate of drug-likeness (QED) is 0.789. The van der Waals surface area contributed by atoms with E-state index in [-0.39, 0.29) is 17.1 Å². The van der Waals surface area contributed by atoms with Gasteiger partial charge in [0.05, 0.1) is 5.69 Å². The molecule has 88 valence electrons. The first kappa shape index (κ1) is 11.3. The molecule has 1 aliphatic rings.